The zero-order valence-electron chi connectivity index (χ0n) is 14.8. The molecule has 1 atom stereocenters. The van der Waals surface area contributed by atoms with Gasteiger partial charge >= 0.3 is 0 Å². The van der Waals surface area contributed by atoms with Gasteiger partial charge in [0.2, 0.25) is 0 Å². The van der Waals surface area contributed by atoms with Gasteiger partial charge in [-0.25, -0.2) is 4.99 Å². The third kappa shape index (κ3) is 2.78. The van der Waals surface area contributed by atoms with E-state index in [1.54, 1.807) is 4.90 Å². The number of guanidine groups is 1. The monoisotopic (exact) mass is 348 g/mol. The lowest BCUT2D eigenvalue weighted by atomic mass is 9.82. The lowest BCUT2D eigenvalue weighted by Gasteiger charge is -2.30. The second-order valence-electron chi connectivity index (χ2n) is 7.04. The largest absolute Gasteiger partial charge is 0.369 e. The van der Waals surface area contributed by atoms with Gasteiger partial charge in [0.1, 0.15) is 0 Å². The Labute approximate surface area is 153 Å². The molecule has 2 heterocycles. The van der Waals surface area contributed by atoms with Crippen molar-refractivity contribution in [1.82, 2.24) is 10.2 Å². The van der Waals surface area contributed by atoms with Crippen LogP contribution < -0.4 is 11.1 Å². The summed E-state index contributed by atoms with van der Waals surface area (Å²) in [6.45, 7) is 2.58. The summed E-state index contributed by atoms with van der Waals surface area (Å²) in [4.78, 5) is 20.0. The molecule has 2 aliphatic heterocycles. The molecule has 5 heteroatoms. The van der Waals surface area contributed by atoms with Crippen LogP contribution in [0.5, 0.6) is 0 Å². The van der Waals surface area contributed by atoms with Gasteiger partial charge < -0.3 is 11.1 Å². The van der Waals surface area contributed by atoms with Crippen molar-refractivity contribution in [3.05, 3.63) is 71.8 Å². The molecule has 3 N–H and O–H groups in total. The molecule has 4 rings (SSSR count). The Morgan fingerprint density at radius 3 is 2.23 bits per heavy atom. The lowest BCUT2D eigenvalue weighted by molar-refractivity contribution is -0.130. The summed E-state index contributed by atoms with van der Waals surface area (Å²) < 4.78 is 0. The van der Waals surface area contributed by atoms with Crippen molar-refractivity contribution in [1.29, 1.82) is 0 Å². The Morgan fingerprint density at radius 1 is 1.08 bits per heavy atom. The highest BCUT2D eigenvalue weighted by Gasteiger charge is 2.50. The Morgan fingerprint density at radius 2 is 1.69 bits per heavy atom. The fraction of sp³-hybridized carbons (Fsp3) is 0.333. The number of nitrogens with zero attached hydrogens (tertiary/aromatic N) is 2. The first kappa shape index (κ1) is 16.8. The molecule has 2 aliphatic rings. The maximum atomic E-state index is 13.6. The maximum Gasteiger partial charge on any atom is 0.266 e. The summed E-state index contributed by atoms with van der Waals surface area (Å²) in [5.74, 6) is 0.662. The topological polar surface area (TPSA) is 70.7 Å². The van der Waals surface area contributed by atoms with Gasteiger partial charge in [-0.1, -0.05) is 60.7 Å². The second-order valence-corrected chi connectivity index (χ2v) is 7.04. The van der Waals surface area contributed by atoms with Gasteiger partial charge in [-0.2, -0.15) is 0 Å². The van der Waals surface area contributed by atoms with E-state index in [9.17, 15) is 4.79 Å². The average molecular weight is 348 g/mol. The maximum absolute atomic E-state index is 13.6. The highest BCUT2D eigenvalue weighted by molar-refractivity contribution is 6.09. The summed E-state index contributed by atoms with van der Waals surface area (Å²) in [5.41, 5.74) is 6.88. The van der Waals surface area contributed by atoms with Crippen LogP contribution in [0.15, 0.2) is 65.7 Å². The number of aliphatic imine (C=N–C) groups is 1. The predicted molar refractivity (Wildman–Crippen MR) is 103 cm³/mol. The zero-order chi connectivity index (χ0) is 18.0. The minimum absolute atomic E-state index is 0.0574. The number of benzene rings is 2. The summed E-state index contributed by atoms with van der Waals surface area (Å²) in [6, 6.07) is 19.4. The van der Waals surface area contributed by atoms with Crippen LogP contribution >= 0.6 is 0 Å². The number of rotatable bonds is 4. The molecular formula is C21H24N4O. The fourth-order valence-electron chi connectivity index (χ4n) is 4.00. The molecule has 0 spiro atoms. The fourth-order valence-corrected chi connectivity index (χ4v) is 4.00. The van der Waals surface area contributed by atoms with Crippen LogP contribution in [0.1, 0.15) is 24.0 Å². The molecule has 0 aromatic heterocycles. The minimum atomic E-state index is -1.09. The van der Waals surface area contributed by atoms with E-state index >= 15 is 0 Å². The highest BCUT2D eigenvalue weighted by atomic mass is 16.2. The number of piperidine rings is 1. The van der Waals surface area contributed by atoms with E-state index in [0.717, 1.165) is 37.1 Å². The number of nitrogens with one attached hydrogen (secondary N) is 1. The van der Waals surface area contributed by atoms with Crippen LogP contribution in [0.3, 0.4) is 0 Å². The molecule has 26 heavy (non-hydrogen) atoms. The molecule has 0 bridgehead atoms. The van der Waals surface area contributed by atoms with Gasteiger partial charge in [-0.15, -0.1) is 0 Å². The highest BCUT2D eigenvalue weighted by Crippen LogP contribution is 2.39. The number of carbonyl (C=O) groups is 1. The van der Waals surface area contributed by atoms with Crippen LogP contribution in [0.25, 0.3) is 0 Å². The van der Waals surface area contributed by atoms with Crippen LogP contribution in [0.2, 0.25) is 0 Å². The molecule has 1 saturated heterocycles. The standard InChI is InChI=1S/C21H24N4O/c22-20-24-21(17-9-3-1-4-10-17,18-11-5-2-6-12-18)19(26)25(20)15-16-8-7-13-23-14-16/h1-6,9-12,16,23H,7-8,13-15H2,(H2,22,24). The summed E-state index contributed by atoms with van der Waals surface area (Å²) >= 11 is 0. The van der Waals surface area contributed by atoms with Crippen molar-refractivity contribution in [2.45, 2.75) is 18.4 Å². The number of carbonyl (C=O) groups excluding carboxylic acids is 1. The van der Waals surface area contributed by atoms with E-state index in [1.165, 1.54) is 0 Å². The van der Waals surface area contributed by atoms with Gasteiger partial charge in [0.25, 0.3) is 5.91 Å². The first-order valence-electron chi connectivity index (χ1n) is 9.21. The van der Waals surface area contributed by atoms with Crippen molar-refractivity contribution in [3.63, 3.8) is 0 Å². The van der Waals surface area contributed by atoms with Crippen molar-refractivity contribution in [2.75, 3.05) is 19.6 Å². The first-order chi connectivity index (χ1) is 12.7. The van der Waals surface area contributed by atoms with Gasteiger partial charge in [0.15, 0.2) is 11.5 Å². The molecule has 0 radical (unpaired) electrons. The number of nitrogens with two attached hydrogens (primary N) is 1. The van der Waals surface area contributed by atoms with Gasteiger partial charge in [-0.3, -0.25) is 9.69 Å². The number of amides is 1. The van der Waals surface area contributed by atoms with E-state index in [2.05, 4.69) is 5.32 Å². The molecule has 1 unspecified atom stereocenters. The smallest absolute Gasteiger partial charge is 0.266 e. The van der Waals surface area contributed by atoms with E-state index in [1.807, 2.05) is 60.7 Å². The molecule has 2 aromatic rings. The summed E-state index contributed by atoms with van der Waals surface area (Å²) in [6.07, 6.45) is 2.24. The van der Waals surface area contributed by atoms with Crippen molar-refractivity contribution < 1.29 is 4.79 Å². The van der Waals surface area contributed by atoms with Crippen molar-refractivity contribution in [3.8, 4) is 0 Å². The van der Waals surface area contributed by atoms with Gasteiger partial charge in [0.05, 0.1) is 0 Å². The van der Waals surface area contributed by atoms with E-state index < -0.39 is 5.54 Å². The zero-order valence-corrected chi connectivity index (χ0v) is 14.8. The van der Waals surface area contributed by atoms with Crippen LogP contribution in [0, 0.1) is 5.92 Å². The normalized spacial score (nSPS) is 22.3. The third-order valence-corrected chi connectivity index (χ3v) is 5.34. The molecule has 0 saturated carbocycles. The number of hydrogen-bond donors (Lipinski definition) is 2. The van der Waals surface area contributed by atoms with E-state index in [-0.39, 0.29) is 5.91 Å². The quantitative estimate of drug-likeness (QED) is 0.889. The predicted octanol–water partition coefficient (Wildman–Crippen LogP) is 2.09. The van der Waals surface area contributed by atoms with E-state index in [4.69, 9.17) is 10.7 Å². The molecule has 0 aliphatic carbocycles. The Kier molecular flexibility index (Phi) is 4.47. The van der Waals surface area contributed by atoms with Crippen molar-refractivity contribution >= 4 is 11.9 Å². The number of hydrogen-bond acceptors (Lipinski definition) is 4. The van der Waals surface area contributed by atoms with Gasteiger partial charge in [0, 0.05) is 6.54 Å². The molecule has 5 nitrogen and oxygen atoms in total. The Bertz CT molecular complexity index is 758. The average Bonchev–Trinajstić information content (AvgIpc) is 2.96. The van der Waals surface area contributed by atoms with Gasteiger partial charge in [-0.05, 0) is 43.0 Å². The molecule has 1 amide bonds. The summed E-state index contributed by atoms with van der Waals surface area (Å²) in [7, 11) is 0. The van der Waals surface area contributed by atoms with Crippen molar-refractivity contribution in [2.24, 2.45) is 16.6 Å². The van der Waals surface area contributed by atoms with Crippen LogP contribution in [-0.4, -0.2) is 36.4 Å². The molecule has 134 valence electrons. The second kappa shape index (κ2) is 6.92. The third-order valence-electron chi connectivity index (χ3n) is 5.34. The summed E-state index contributed by atoms with van der Waals surface area (Å²) in [5, 5.41) is 3.40. The van der Waals surface area contributed by atoms with E-state index in [0.29, 0.717) is 18.4 Å². The molecule has 1 fully saturated rings. The minimum Gasteiger partial charge on any atom is -0.369 e. The Balaban J connectivity index is 1.74. The van der Waals surface area contributed by atoms with Crippen LogP contribution in [-0.2, 0) is 10.3 Å². The Hall–Kier alpha value is -2.66. The molecular weight excluding hydrogens is 324 g/mol. The lowest BCUT2D eigenvalue weighted by Crippen LogP contribution is -2.47. The SMILES string of the molecule is NC1=NC(c2ccccc2)(c2ccccc2)C(=O)N1CC1CCCNC1. The molecule has 2 aromatic carbocycles. The first-order valence-corrected chi connectivity index (χ1v) is 9.21. The van der Waals surface area contributed by atoms with Crippen LogP contribution in [0.4, 0.5) is 0 Å².